The second-order valence-corrected chi connectivity index (χ2v) is 5.03. The van der Waals surface area contributed by atoms with Crippen molar-refractivity contribution in [2.24, 2.45) is 5.92 Å². The standard InChI is InChI=1S/C14H21NO3/c1-9(2)12(7-16)15-10(3)11-4-5-13-14(6-11)18-8-17-13/h4-6,9-10,12,15-16H,7-8H2,1-3H3/t10?,12-/m1/s1. The quantitative estimate of drug-likeness (QED) is 0.841. The number of aliphatic hydroxyl groups excluding tert-OH is 1. The molecule has 0 aromatic heterocycles. The highest BCUT2D eigenvalue weighted by atomic mass is 16.7. The van der Waals surface area contributed by atoms with E-state index >= 15 is 0 Å². The Labute approximate surface area is 108 Å². The number of fused-ring (bicyclic) bond motifs is 1. The Morgan fingerprint density at radius 2 is 1.94 bits per heavy atom. The van der Waals surface area contributed by atoms with E-state index in [0.717, 1.165) is 17.1 Å². The van der Waals surface area contributed by atoms with Crippen molar-refractivity contribution in [1.82, 2.24) is 5.32 Å². The number of aliphatic hydroxyl groups is 1. The lowest BCUT2D eigenvalue weighted by Crippen LogP contribution is -2.38. The third kappa shape index (κ3) is 2.76. The minimum absolute atomic E-state index is 0.102. The number of hydrogen-bond acceptors (Lipinski definition) is 4. The zero-order valence-corrected chi connectivity index (χ0v) is 11.1. The van der Waals surface area contributed by atoms with E-state index in [1.807, 2.05) is 18.2 Å². The third-order valence-electron chi connectivity index (χ3n) is 3.36. The van der Waals surface area contributed by atoms with E-state index in [0.29, 0.717) is 12.7 Å². The van der Waals surface area contributed by atoms with E-state index in [-0.39, 0.29) is 18.7 Å². The monoisotopic (exact) mass is 251 g/mol. The normalized spacial score (nSPS) is 16.9. The molecule has 1 aliphatic rings. The molecule has 100 valence electrons. The predicted octanol–water partition coefficient (Wildman–Crippen LogP) is 2.08. The first kappa shape index (κ1) is 13.2. The smallest absolute Gasteiger partial charge is 0.231 e. The van der Waals surface area contributed by atoms with Gasteiger partial charge in [0.15, 0.2) is 11.5 Å². The van der Waals surface area contributed by atoms with E-state index in [1.165, 1.54) is 0 Å². The first-order valence-corrected chi connectivity index (χ1v) is 6.38. The molecule has 1 heterocycles. The fraction of sp³-hybridized carbons (Fsp3) is 0.571. The molecule has 1 aliphatic heterocycles. The van der Waals surface area contributed by atoms with Crippen LogP contribution in [0, 0.1) is 5.92 Å². The van der Waals surface area contributed by atoms with Gasteiger partial charge in [0.25, 0.3) is 0 Å². The zero-order chi connectivity index (χ0) is 13.1. The first-order chi connectivity index (χ1) is 8.61. The summed E-state index contributed by atoms with van der Waals surface area (Å²) in [5.74, 6) is 1.99. The molecule has 2 rings (SSSR count). The third-order valence-corrected chi connectivity index (χ3v) is 3.36. The van der Waals surface area contributed by atoms with Gasteiger partial charge in [0.2, 0.25) is 6.79 Å². The van der Waals surface area contributed by atoms with Gasteiger partial charge >= 0.3 is 0 Å². The molecule has 4 heteroatoms. The Morgan fingerprint density at radius 3 is 2.61 bits per heavy atom. The summed E-state index contributed by atoms with van der Waals surface area (Å²) in [6.07, 6.45) is 0. The van der Waals surface area contributed by atoms with Crippen molar-refractivity contribution in [3.8, 4) is 11.5 Å². The molecular formula is C14H21NO3. The zero-order valence-electron chi connectivity index (χ0n) is 11.1. The summed E-state index contributed by atoms with van der Waals surface area (Å²) < 4.78 is 10.7. The molecule has 18 heavy (non-hydrogen) atoms. The maximum absolute atomic E-state index is 9.34. The van der Waals surface area contributed by atoms with Crippen LogP contribution in [-0.4, -0.2) is 24.5 Å². The Kier molecular flexibility index (Phi) is 4.09. The van der Waals surface area contributed by atoms with E-state index < -0.39 is 0 Å². The van der Waals surface area contributed by atoms with Crippen LogP contribution in [-0.2, 0) is 0 Å². The molecule has 2 N–H and O–H groups in total. The molecule has 1 unspecified atom stereocenters. The van der Waals surface area contributed by atoms with Crippen molar-refractivity contribution in [3.05, 3.63) is 23.8 Å². The van der Waals surface area contributed by atoms with Crippen LogP contribution in [0.1, 0.15) is 32.4 Å². The Bertz CT molecular complexity index is 406. The number of ether oxygens (including phenoxy) is 2. The molecule has 1 aromatic carbocycles. The maximum Gasteiger partial charge on any atom is 0.231 e. The summed E-state index contributed by atoms with van der Waals surface area (Å²) >= 11 is 0. The molecule has 0 fully saturated rings. The van der Waals surface area contributed by atoms with Crippen LogP contribution in [0.5, 0.6) is 11.5 Å². The first-order valence-electron chi connectivity index (χ1n) is 6.38. The van der Waals surface area contributed by atoms with Crippen LogP contribution >= 0.6 is 0 Å². The summed E-state index contributed by atoms with van der Waals surface area (Å²) in [6.45, 7) is 6.72. The van der Waals surface area contributed by atoms with E-state index in [2.05, 4.69) is 26.1 Å². The molecule has 0 spiro atoms. The van der Waals surface area contributed by atoms with Gasteiger partial charge in [0, 0.05) is 12.1 Å². The molecule has 0 aliphatic carbocycles. The lowest BCUT2D eigenvalue weighted by molar-refractivity contribution is 0.174. The average Bonchev–Trinajstić information content (AvgIpc) is 2.82. The predicted molar refractivity (Wildman–Crippen MR) is 69.8 cm³/mol. The summed E-state index contributed by atoms with van der Waals surface area (Å²) in [6, 6.07) is 6.22. The highest BCUT2D eigenvalue weighted by Crippen LogP contribution is 2.34. The fourth-order valence-corrected chi connectivity index (χ4v) is 2.06. The molecule has 0 bridgehead atoms. The van der Waals surface area contributed by atoms with Gasteiger partial charge in [-0.3, -0.25) is 0 Å². The van der Waals surface area contributed by atoms with Gasteiger partial charge in [-0.15, -0.1) is 0 Å². The molecule has 0 saturated heterocycles. The van der Waals surface area contributed by atoms with Crippen molar-refractivity contribution in [2.75, 3.05) is 13.4 Å². The van der Waals surface area contributed by atoms with Crippen LogP contribution < -0.4 is 14.8 Å². The molecule has 1 aromatic rings. The van der Waals surface area contributed by atoms with Crippen molar-refractivity contribution in [1.29, 1.82) is 0 Å². The topological polar surface area (TPSA) is 50.7 Å². The fourth-order valence-electron chi connectivity index (χ4n) is 2.06. The highest BCUT2D eigenvalue weighted by molar-refractivity contribution is 5.45. The van der Waals surface area contributed by atoms with Gasteiger partial charge in [-0.05, 0) is 30.5 Å². The summed E-state index contributed by atoms with van der Waals surface area (Å²) in [5.41, 5.74) is 1.14. The van der Waals surface area contributed by atoms with Gasteiger partial charge in [0.1, 0.15) is 0 Å². The lowest BCUT2D eigenvalue weighted by Gasteiger charge is -2.25. The largest absolute Gasteiger partial charge is 0.454 e. The number of hydrogen-bond donors (Lipinski definition) is 2. The van der Waals surface area contributed by atoms with Crippen LogP contribution in [0.15, 0.2) is 18.2 Å². The van der Waals surface area contributed by atoms with Crippen molar-refractivity contribution in [2.45, 2.75) is 32.9 Å². The van der Waals surface area contributed by atoms with Crippen LogP contribution in [0.3, 0.4) is 0 Å². The molecular weight excluding hydrogens is 230 g/mol. The minimum atomic E-state index is 0.102. The van der Waals surface area contributed by atoms with Crippen molar-refractivity contribution < 1.29 is 14.6 Å². The van der Waals surface area contributed by atoms with Crippen LogP contribution in [0.4, 0.5) is 0 Å². The van der Waals surface area contributed by atoms with Crippen LogP contribution in [0.25, 0.3) is 0 Å². The number of benzene rings is 1. The lowest BCUT2D eigenvalue weighted by atomic mass is 10.0. The van der Waals surface area contributed by atoms with Gasteiger partial charge < -0.3 is 19.9 Å². The average molecular weight is 251 g/mol. The maximum atomic E-state index is 9.34. The summed E-state index contributed by atoms with van der Waals surface area (Å²) in [5, 5.41) is 12.8. The van der Waals surface area contributed by atoms with Gasteiger partial charge in [-0.25, -0.2) is 0 Å². The van der Waals surface area contributed by atoms with Gasteiger partial charge in [0.05, 0.1) is 6.61 Å². The summed E-state index contributed by atoms with van der Waals surface area (Å²) in [4.78, 5) is 0. The van der Waals surface area contributed by atoms with Gasteiger partial charge in [-0.1, -0.05) is 19.9 Å². The van der Waals surface area contributed by atoms with Gasteiger partial charge in [-0.2, -0.15) is 0 Å². The van der Waals surface area contributed by atoms with E-state index in [1.54, 1.807) is 0 Å². The van der Waals surface area contributed by atoms with E-state index in [4.69, 9.17) is 9.47 Å². The molecule has 0 amide bonds. The molecule has 0 saturated carbocycles. The number of rotatable bonds is 5. The second-order valence-electron chi connectivity index (χ2n) is 5.03. The number of nitrogens with one attached hydrogen (secondary N) is 1. The molecule has 2 atom stereocenters. The molecule has 0 radical (unpaired) electrons. The Balaban J connectivity index is 2.06. The van der Waals surface area contributed by atoms with Crippen LogP contribution in [0.2, 0.25) is 0 Å². The minimum Gasteiger partial charge on any atom is -0.454 e. The highest BCUT2D eigenvalue weighted by Gasteiger charge is 2.19. The Morgan fingerprint density at radius 1 is 1.22 bits per heavy atom. The molecule has 4 nitrogen and oxygen atoms in total. The van der Waals surface area contributed by atoms with Crippen molar-refractivity contribution >= 4 is 0 Å². The van der Waals surface area contributed by atoms with E-state index in [9.17, 15) is 5.11 Å². The Hall–Kier alpha value is -1.26. The second kappa shape index (κ2) is 5.59. The summed E-state index contributed by atoms with van der Waals surface area (Å²) in [7, 11) is 0. The SMILES string of the molecule is CC(N[C@H](CO)C(C)C)c1ccc2c(c1)OCO2. The van der Waals surface area contributed by atoms with Crippen molar-refractivity contribution in [3.63, 3.8) is 0 Å².